The van der Waals surface area contributed by atoms with E-state index in [4.69, 9.17) is 10.5 Å². The zero-order valence-corrected chi connectivity index (χ0v) is 8.62. The summed E-state index contributed by atoms with van der Waals surface area (Å²) in [5.41, 5.74) is 0.750. The first-order valence-corrected chi connectivity index (χ1v) is 4.63. The van der Waals surface area contributed by atoms with E-state index in [1.807, 2.05) is 12.1 Å². The van der Waals surface area contributed by atoms with Crippen LogP contribution in [-0.4, -0.2) is 4.92 Å². The number of nitriles is 2. The summed E-state index contributed by atoms with van der Waals surface area (Å²) in [4.78, 5) is 9.94. The maximum atomic E-state index is 10.4. The number of non-ortho nitro benzene ring substituents is 1. The minimum Gasteiger partial charge on any atom is -0.258 e. The highest BCUT2D eigenvalue weighted by Crippen LogP contribution is 2.25. The third kappa shape index (κ3) is 2.34. The number of rotatable bonds is 3. The van der Waals surface area contributed by atoms with Gasteiger partial charge in [0.1, 0.15) is 5.92 Å². The zero-order valence-electron chi connectivity index (χ0n) is 8.62. The second-order valence-corrected chi connectivity index (χ2v) is 3.37. The van der Waals surface area contributed by atoms with E-state index in [0.29, 0.717) is 0 Å². The Morgan fingerprint density at radius 2 is 1.75 bits per heavy atom. The van der Waals surface area contributed by atoms with Gasteiger partial charge in [-0.25, -0.2) is 0 Å². The summed E-state index contributed by atoms with van der Waals surface area (Å²) >= 11 is 0. The van der Waals surface area contributed by atoms with Crippen molar-refractivity contribution in [1.82, 2.24) is 0 Å². The van der Waals surface area contributed by atoms with Crippen molar-refractivity contribution in [3.63, 3.8) is 0 Å². The summed E-state index contributed by atoms with van der Waals surface area (Å²) in [7, 11) is 0. The third-order valence-corrected chi connectivity index (χ3v) is 2.41. The summed E-state index contributed by atoms with van der Waals surface area (Å²) in [6.45, 7) is 1.75. The van der Waals surface area contributed by atoms with Crippen LogP contribution in [0.15, 0.2) is 24.3 Å². The maximum absolute atomic E-state index is 10.4. The van der Waals surface area contributed by atoms with Gasteiger partial charge in [0.2, 0.25) is 0 Å². The van der Waals surface area contributed by atoms with Crippen LogP contribution >= 0.6 is 0 Å². The molecule has 0 radical (unpaired) electrons. The Morgan fingerprint density at radius 3 is 2.12 bits per heavy atom. The van der Waals surface area contributed by atoms with Gasteiger partial charge >= 0.3 is 0 Å². The van der Waals surface area contributed by atoms with E-state index in [9.17, 15) is 10.1 Å². The van der Waals surface area contributed by atoms with Gasteiger partial charge in [-0.15, -0.1) is 0 Å². The van der Waals surface area contributed by atoms with Gasteiger partial charge in [-0.05, 0) is 5.56 Å². The molecule has 80 valence electrons. The van der Waals surface area contributed by atoms with Crippen LogP contribution < -0.4 is 0 Å². The molecule has 0 aliphatic heterocycles. The first-order chi connectivity index (χ1) is 7.60. The largest absolute Gasteiger partial charge is 0.269 e. The normalized spacial score (nSPS) is 11.5. The molecule has 0 aliphatic rings. The fourth-order valence-corrected chi connectivity index (χ4v) is 1.34. The van der Waals surface area contributed by atoms with Crippen LogP contribution in [0.2, 0.25) is 0 Å². The lowest BCUT2D eigenvalue weighted by Gasteiger charge is -2.11. The van der Waals surface area contributed by atoms with E-state index >= 15 is 0 Å². The lowest BCUT2D eigenvalue weighted by Crippen LogP contribution is -2.05. The molecule has 0 saturated heterocycles. The van der Waals surface area contributed by atoms with E-state index in [-0.39, 0.29) is 11.6 Å². The Kier molecular flexibility index (Phi) is 3.58. The molecule has 1 aromatic carbocycles. The minimum atomic E-state index is -0.735. The Hall–Kier alpha value is -2.40. The molecule has 0 heterocycles. The summed E-state index contributed by atoms with van der Waals surface area (Å²) in [6.07, 6.45) is 0. The van der Waals surface area contributed by atoms with Gasteiger partial charge < -0.3 is 0 Å². The molecule has 0 N–H and O–H groups in total. The molecule has 0 aromatic heterocycles. The molecule has 0 aliphatic carbocycles. The predicted molar refractivity (Wildman–Crippen MR) is 56.2 cm³/mol. The van der Waals surface area contributed by atoms with Crippen molar-refractivity contribution in [2.75, 3.05) is 0 Å². The van der Waals surface area contributed by atoms with Crippen LogP contribution in [0, 0.1) is 38.7 Å². The van der Waals surface area contributed by atoms with Crippen LogP contribution in [0.5, 0.6) is 0 Å². The number of hydrogen-bond acceptors (Lipinski definition) is 4. The van der Waals surface area contributed by atoms with E-state index < -0.39 is 10.8 Å². The Balaban J connectivity index is 2.95. The fraction of sp³-hybridized carbons (Fsp3) is 0.273. The summed E-state index contributed by atoms with van der Waals surface area (Å²) in [5.74, 6) is -0.989. The molecule has 0 saturated carbocycles. The molecule has 0 bridgehead atoms. The van der Waals surface area contributed by atoms with Gasteiger partial charge in [0, 0.05) is 18.1 Å². The maximum Gasteiger partial charge on any atom is 0.269 e. The molecule has 1 atom stereocenters. The van der Waals surface area contributed by atoms with Gasteiger partial charge in [0.15, 0.2) is 0 Å². The Bertz CT molecular complexity index is 453. The average molecular weight is 215 g/mol. The van der Waals surface area contributed by atoms with Gasteiger partial charge in [0.05, 0.1) is 17.1 Å². The standard InChI is InChI=1S/C11H9N3O2/c1-8(10(6-12)7-13)9-2-4-11(5-3-9)14(15)16/h2-5,8,10H,1H3. The molecule has 5 heteroatoms. The number of nitrogens with zero attached hydrogens (tertiary/aromatic N) is 3. The molecule has 1 rings (SSSR count). The van der Waals surface area contributed by atoms with Crippen molar-refractivity contribution in [1.29, 1.82) is 10.5 Å². The Morgan fingerprint density at radius 1 is 1.25 bits per heavy atom. The van der Waals surface area contributed by atoms with E-state index in [1.165, 1.54) is 12.1 Å². The van der Waals surface area contributed by atoms with Crippen LogP contribution in [0.1, 0.15) is 18.4 Å². The molecule has 0 spiro atoms. The number of benzene rings is 1. The first-order valence-electron chi connectivity index (χ1n) is 4.63. The second kappa shape index (κ2) is 4.90. The molecule has 0 amide bonds. The van der Waals surface area contributed by atoms with E-state index in [1.54, 1.807) is 19.1 Å². The van der Waals surface area contributed by atoms with Gasteiger partial charge in [-0.1, -0.05) is 19.1 Å². The number of hydrogen-bond donors (Lipinski definition) is 0. The van der Waals surface area contributed by atoms with E-state index in [2.05, 4.69) is 0 Å². The highest BCUT2D eigenvalue weighted by Gasteiger charge is 2.18. The van der Waals surface area contributed by atoms with Crippen LogP contribution in [0.4, 0.5) is 5.69 Å². The summed E-state index contributed by atoms with van der Waals surface area (Å²) < 4.78 is 0. The number of nitro groups is 1. The minimum absolute atomic E-state index is 0.00131. The van der Waals surface area contributed by atoms with Crippen molar-refractivity contribution in [3.8, 4) is 12.1 Å². The Labute approximate surface area is 92.7 Å². The van der Waals surface area contributed by atoms with Gasteiger partial charge in [-0.3, -0.25) is 10.1 Å². The van der Waals surface area contributed by atoms with Crippen molar-refractivity contribution >= 4 is 5.69 Å². The molecule has 0 fully saturated rings. The monoisotopic (exact) mass is 215 g/mol. The van der Waals surface area contributed by atoms with Crippen LogP contribution in [0.3, 0.4) is 0 Å². The van der Waals surface area contributed by atoms with Crippen molar-refractivity contribution < 1.29 is 4.92 Å². The van der Waals surface area contributed by atoms with Crippen molar-refractivity contribution in [2.45, 2.75) is 12.8 Å². The van der Waals surface area contributed by atoms with Crippen LogP contribution in [0.25, 0.3) is 0 Å². The first kappa shape index (κ1) is 11.7. The van der Waals surface area contributed by atoms with Crippen molar-refractivity contribution in [3.05, 3.63) is 39.9 Å². The van der Waals surface area contributed by atoms with Crippen LogP contribution in [-0.2, 0) is 0 Å². The van der Waals surface area contributed by atoms with Gasteiger partial charge in [-0.2, -0.15) is 10.5 Å². The topological polar surface area (TPSA) is 90.7 Å². The summed E-state index contributed by atoms with van der Waals surface area (Å²) in [5, 5.41) is 27.9. The average Bonchev–Trinajstić information content (AvgIpc) is 2.30. The highest BCUT2D eigenvalue weighted by atomic mass is 16.6. The highest BCUT2D eigenvalue weighted by molar-refractivity contribution is 5.35. The number of nitro benzene ring substituents is 1. The zero-order chi connectivity index (χ0) is 12.1. The molecule has 5 nitrogen and oxygen atoms in total. The molecular weight excluding hydrogens is 206 g/mol. The second-order valence-electron chi connectivity index (χ2n) is 3.37. The SMILES string of the molecule is CC(c1ccc([N+](=O)[O-])cc1)C(C#N)C#N. The molecule has 16 heavy (non-hydrogen) atoms. The lowest BCUT2D eigenvalue weighted by atomic mass is 9.89. The predicted octanol–water partition coefficient (Wildman–Crippen LogP) is 2.36. The quantitative estimate of drug-likeness (QED) is 0.571. The fourth-order valence-electron chi connectivity index (χ4n) is 1.34. The van der Waals surface area contributed by atoms with E-state index in [0.717, 1.165) is 5.56 Å². The summed E-state index contributed by atoms with van der Waals surface area (Å²) in [6, 6.07) is 9.68. The third-order valence-electron chi connectivity index (χ3n) is 2.41. The molecule has 1 aromatic rings. The molecule has 1 unspecified atom stereocenters. The van der Waals surface area contributed by atoms with Gasteiger partial charge in [0.25, 0.3) is 5.69 Å². The van der Waals surface area contributed by atoms with Crippen molar-refractivity contribution in [2.24, 2.45) is 5.92 Å². The lowest BCUT2D eigenvalue weighted by molar-refractivity contribution is -0.384. The molecular formula is C11H9N3O2. The smallest absolute Gasteiger partial charge is 0.258 e.